The van der Waals surface area contributed by atoms with E-state index in [4.69, 9.17) is 0 Å². The molecule has 19 heavy (non-hydrogen) atoms. The van der Waals surface area contributed by atoms with Crippen molar-refractivity contribution in [1.82, 2.24) is 10.3 Å². The SMILES string of the molecule is CCNC1(c2nc(C)cs2)CCc2c(F)cccc21. The molecule has 1 atom stereocenters. The summed E-state index contributed by atoms with van der Waals surface area (Å²) in [7, 11) is 0. The number of halogens is 1. The molecule has 1 N–H and O–H groups in total. The number of aryl methyl sites for hydroxylation is 1. The molecule has 2 nitrogen and oxygen atoms in total. The molecule has 0 spiro atoms. The Hall–Kier alpha value is -1.26. The second-order valence-corrected chi connectivity index (χ2v) is 5.85. The third kappa shape index (κ3) is 1.90. The molecule has 0 fully saturated rings. The molecule has 0 aliphatic heterocycles. The summed E-state index contributed by atoms with van der Waals surface area (Å²) in [6.45, 7) is 4.93. The monoisotopic (exact) mass is 276 g/mol. The largest absolute Gasteiger partial charge is 0.302 e. The van der Waals surface area contributed by atoms with E-state index in [1.54, 1.807) is 23.5 Å². The van der Waals surface area contributed by atoms with Crippen LogP contribution in [0.3, 0.4) is 0 Å². The second kappa shape index (κ2) is 4.69. The first-order chi connectivity index (χ1) is 9.17. The zero-order chi connectivity index (χ0) is 13.5. The minimum absolute atomic E-state index is 0.0921. The van der Waals surface area contributed by atoms with Crippen molar-refractivity contribution >= 4 is 11.3 Å². The topological polar surface area (TPSA) is 24.9 Å². The first-order valence-electron chi connectivity index (χ1n) is 6.63. The van der Waals surface area contributed by atoms with E-state index < -0.39 is 0 Å². The van der Waals surface area contributed by atoms with Crippen LogP contribution in [0.15, 0.2) is 23.6 Å². The molecular weight excluding hydrogens is 259 g/mol. The second-order valence-electron chi connectivity index (χ2n) is 5.00. The fourth-order valence-corrected chi connectivity index (χ4v) is 4.01. The van der Waals surface area contributed by atoms with Crippen molar-refractivity contribution in [1.29, 1.82) is 0 Å². The number of thiazole rings is 1. The van der Waals surface area contributed by atoms with E-state index >= 15 is 0 Å². The Morgan fingerprint density at radius 2 is 2.32 bits per heavy atom. The average molecular weight is 276 g/mol. The van der Waals surface area contributed by atoms with Crippen LogP contribution in [0, 0.1) is 12.7 Å². The van der Waals surface area contributed by atoms with Gasteiger partial charge in [0.1, 0.15) is 10.8 Å². The number of aromatic nitrogens is 1. The van der Waals surface area contributed by atoms with E-state index in [0.717, 1.165) is 41.2 Å². The Bertz CT molecular complexity index is 608. The van der Waals surface area contributed by atoms with Gasteiger partial charge in [0, 0.05) is 11.1 Å². The number of benzene rings is 1. The predicted octanol–water partition coefficient (Wildman–Crippen LogP) is 3.39. The zero-order valence-electron chi connectivity index (χ0n) is 11.2. The van der Waals surface area contributed by atoms with Crippen LogP contribution in [-0.4, -0.2) is 11.5 Å². The maximum Gasteiger partial charge on any atom is 0.126 e. The van der Waals surface area contributed by atoms with Crippen molar-refractivity contribution in [3.8, 4) is 0 Å². The lowest BCUT2D eigenvalue weighted by atomic mass is 9.92. The lowest BCUT2D eigenvalue weighted by Crippen LogP contribution is -2.41. The first-order valence-corrected chi connectivity index (χ1v) is 7.51. The van der Waals surface area contributed by atoms with Gasteiger partial charge in [0.05, 0.1) is 5.54 Å². The fourth-order valence-electron chi connectivity index (χ4n) is 2.99. The molecule has 1 aliphatic carbocycles. The highest BCUT2D eigenvalue weighted by molar-refractivity contribution is 7.09. The average Bonchev–Trinajstić information content (AvgIpc) is 2.97. The van der Waals surface area contributed by atoms with Crippen molar-refractivity contribution in [2.75, 3.05) is 6.54 Å². The third-order valence-electron chi connectivity index (χ3n) is 3.79. The van der Waals surface area contributed by atoms with Crippen LogP contribution in [-0.2, 0) is 12.0 Å². The maximum atomic E-state index is 14.0. The van der Waals surface area contributed by atoms with Gasteiger partial charge in [-0.2, -0.15) is 0 Å². The van der Waals surface area contributed by atoms with Gasteiger partial charge in [0.25, 0.3) is 0 Å². The summed E-state index contributed by atoms with van der Waals surface area (Å²) in [5.74, 6) is -0.0921. The molecule has 0 amide bonds. The normalized spacial score (nSPS) is 21.6. The van der Waals surface area contributed by atoms with Crippen molar-refractivity contribution in [3.05, 3.63) is 51.2 Å². The molecule has 100 valence electrons. The molecular formula is C15H17FN2S. The number of hydrogen-bond donors (Lipinski definition) is 1. The number of nitrogens with zero attached hydrogens (tertiary/aromatic N) is 1. The quantitative estimate of drug-likeness (QED) is 0.929. The van der Waals surface area contributed by atoms with E-state index in [-0.39, 0.29) is 11.4 Å². The molecule has 2 aromatic rings. The van der Waals surface area contributed by atoms with Crippen LogP contribution < -0.4 is 5.32 Å². The van der Waals surface area contributed by atoms with Gasteiger partial charge in [-0.15, -0.1) is 11.3 Å². The highest BCUT2D eigenvalue weighted by Gasteiger charge is 2.42. The smallest absolute Gasteiger partial charge is 0.126 e. The molecule has 0 saturated carbocycles. The van der Waals surface area contributed by atoms with Crippen molar-refractivity contribution in [2.45, 2.75) is 32.2 Å². The van der Waals surface area contributed by atoms with Crippen molar-refractivity contribution < 1.29 is 4.39 Å². The molecule has 1 unspecified atom stereocenters. The Morgan fingerprint density at radius 1 is 1.47 bits per heavy atom. The molecule has 1 heterocycles. The van der Waals surface area contributed by atoms with Gasteiger partial charge >= 0.3 is 0 Å². The van der Waals surface area contributed by atoms with E-state index in [1.807, 2.05) is 13.0 Å². The standard InChI is InChI=1S/C15H17FN2S/c1-3-17-15(14-18-10(2)9-19-14)8-7-11-12(15)5-4-6-13(11)16/h4-6,9,17H,3,7-8H2,1-2H3. The lowest BCUT2D eigenvalue weighted by Gasteiger charge is -2.29. The summed E-state index contributed by atoms with van der Waals surface area (Å²) in [6, 6.07) is 5.38. The van der Waals surface area contributed by atoms with Gasteiger partial charge in [0.2, 0.25) is 0 Å². The minimum Gasteiger partial charge on any atom is -0.302 e. The summed E-state index contributed by atoms with van der Waals surface area (Å²) >= 11 is 1.66. The summed E-state index contributed by atoms with van der Waals surface area (Å²) < 4.78 is 14.0. The highest BCUT2D eigenvalue weighted by Crippen LogP contribution is 2.43. The molecule has 1 aromatic carbocycles. The fraction of sp³-hybridized carbons (Fsp3) is 0.400. The van der Waals surface area contributed by atoms with Crippen LogP contribution in [0.25, 0.3) is 0 Å². The summed E-state index contributed by atoms with van der Waals surface area (Å²) in [5, 5.41) is 6.67. The number of nitrogens with one attached hydrogen (secondary N) is 1. The summed E-state index contributed by atoms with van der Waals surface area (Å²) in [5.41, 5.74) is 2.63. The first kappa shape index (κ1) is 12.8. The molecule has 3 rings (SSSR count). The molecule has 1 aliphatic rings. The van der Waals surface area contributed by atoms with E-state index in [1.165, 1.54) is 0 Å². The Balaban J connectivity index is 2.17. The number of hydrogen-bond acceptors (Lipinski definition) is 3. The number of fused-ring (bicyclic) bond motifs is 1. The van der Waals surface area contributed by atoms with Gasteiger partial charge in [-0.3, -0.25) is 0 Å². The Kier molecular flexibility index (Phi) is 3.15. The van der Waals surface area contributed by atoms with Gasteiger partial charge in [0.15, 0.2) is 0 Å². The third-order valence-corrected chi connectivity index (χ3v) is 4.91. The predicted molar refractivity (Wildman–Crippen MR) is 76.0 cm³/mol. The van der Waals surface area contributed by atoms with Gasteiger partial charge in [-0.25, -0.2) is 9.37 Å². The van der Waals surface area contributed by atoms with Gasteiger partial charge in [-0.1, -0.05) is 19.1 Å². The minimum atomic E-state index is -0.300. The van der Waals surface area contributed by atoms with Gasteiger partial charge < -0.3 is 5.32 Å². The van der Waals surface area contributed by atoms with E-state index in [0.29, 0.717) is 0 Å². The van der Waals surface area contributed by atoms with E-state index in [9.17, 15) is 4.39 Å². The molecule has 4 heteroatoms. The zero-order valence-corrected chi connectivity index (χ0v) is 12.0. The van der Waals surface area contributed by atoms with E-state index in [2.05, 4.69) is 22.6 Å². The lowest BCUT2D eigenvalue weighted by molar-refractivity contribution is 0.407. The van der Waals surface area contributed by atoms with Crippen LogP contribution in [0.4, 0.5) is 4.39 Å². The van der Waals surface area contributed by atoms with Crippen LogP contribution in [0.1, 0.15) is 35.2 Å². The molecule has 1 aromatic heterocycles. The molecule has 0 bridgehead atoms. The van der Waals surface area contributed by atoms with Gasteiger partial charge in [-0.05, 0) is 43.5 Å². The van der Waals surface area contributed by atoms with Crippen molar-refractivity contribution in [2.24, 2.45) is 0 Å². The summed E-state index contributed by atoms with van der Waals surface area (Å²) in [6.07, 6.45) is 1.65. The summed E-state index contributed by atoms with van der Waals surface area (Å²) in [4.78, 5) is 4.65. The van der Waals surface area contributed by atoms with Crippen molar-refractivity contribution in [3.63, 3.8) is 0 Å². The molecule has 0 saturated heterocycles. The van der Waals surface area contributed by atoms with Crippen LogP contribution >= 0.6 is 11.3 Å². The van der Waals surface area contributed by atoms with Crippen LogP contribution in [0.5, 0.6) is 0 Å². The van der Waals surface area contributed by atoms with Crippen LogP contribution in [0.2, 0.25) is 0 Å². The Morgan fingerprint density at radius 3 is 3.00 bits per heavy atom. The number of rotatable bonds is 3. The highest BCUT2D eigenvalue weighted by atomic mass is 32.1. The molecule has 0 radical (unpaired) electrons. The maximum absolute atomic E-state index is 14.0. The Labute approximate surface area is 116 Å².